The molecule has 1 unspecified atom stereocenters. The molecule has 6 nitrogen and oxygen atoms in total. The topological polar surface area (TPSA) is 75.7 Å². The second-order valence-electron chi connectivity index (χ2n) is 7.18. The summed E-state index contributed by atoms with van der Waals surface area (Å²) in [5.41, 5.74) is 1.51. The van der Waals surface area contributed by atoms with Gasteiger partial charge in [-0.3, -0.25) is 19.7 Å². The van der Waals surface area contributed by atoms with E-state index in [0.29, 0.717) is 24.4 Å². The quantitative estimate of drug-likeness (QED) is 0.850. The number of fused-ring (bicyclic) bond motifs is 1. The van der Waals surface area contributed by atoms with E-state index < -0.39 is 6.04 Å². The van der Waals surface area contributed by atoms with Crippen molar-refractivity contribution in [2.24, 2.45) is 5.92 Å². The van der Waals surface area contributed by atoms with E-state index >= 15 is 0 Å². The van der Waals surface area contributed by atoms with Gasteiger partial charge in [-0.1, -0.05) is 12.8 Å². The molecule has 2 heterocycles. The number of amides is 3. The van der Waals surface area contributed by atoms with Crippen molar-refractivity contribution in [3.8, 4) is 5.75 Å². The Morgan fingerprint density at radius 3 is 2.68 bits per heavy atom. The zero-order valence-electron chi connectivity index (χ0n) is 14.1. The summed E-state index contributed by atoms with van der Waals surface area (Å²) < 4.78 is 5.91. The highest BCUT2D eigenvalue weighted by Gasteiger charge is 2.39. The first-order valence-electron chi connectivity index (χ1n) is 9.02. The van der Waals surface area contributed by atoms with Crippen LogP contribution in [-0.4, -0.2) is 35.3 Å². The number of hydrogen-bond acceptors (Lipinski definition) is 4. The Kier molecular flexibility index (Phi) is 4.19. The van der Waals surface area contributed by atoms with Gasteiger partial charge < -0.3 is 9.64 Å². The van der Waals surface area contributed by atoms with Gasteiger partial charge in [0, 0.05) is 18.5 Å². The van der Waals surface area contributed by atoms with Crippen LogP contribution >= 0.6 is 0 Å². The summed E-state index contributed by atoms with van der Waals surface area (Å²) in [7, 11) is 0. The number of imide groups is 1. The van der Waals surface area contributed by atoms with Gasteiger partial charge in [-0.15, -0.1) is 0 Å². The zero-order valence-corrected chi connectivity index (χ0v) is 14.1. The number of carbonyl (C=O) groups excluding carboxylic acids is 3. The molecule has 6 heteroatoms. The van der Waals surface area contributed by atoms with Crippen LogP contribution in [0.5, 0.6) is 5.75 Å². The molecule has 25 heavy (non-hydrogen) atoms. The third-order valence-corrected chi connectivity index (χ3v) is 5.46. The number of hydrogen-bond donors (Lipinski definition) is 1. The van der Waals surface area contributed by atoms with E-state index in [2.05, 4.69) is 5.32 Å². The van der Waals surface area contributed by atoms with Gasteiger partial charge in [-0.2, -0.15) is 0 Å². The number of carbonyl (C=O) groups is 3. The first kappa shape index (κ1) is 16.1. The maximum absolute atomic E-state index is 12.6. The first-order chi connectivity index (χ1) is 12.1. The first-order valence-corrected chi connectivity index (χ1v) is 9.02. The molecule has 1 aliphatic carbocycles. The molecule has 0 aromatic heterocycles. The van der Waals surface area contributed by atoms with Gasteiger partial charge in [0.25, 0.3) is 5.91 Å². The lowest BCUT2D eigenvalue weighted by Crippen LogP contribution is -2.52. The van der Waals surface area contributed by atoms with Crippen LogP contribution in [0.2, 0.25) is 0 Å². The van der Waals surface area contributed by atoms with Gasteiger partial charge in [0.15, 0.2) is 0 Å². The fourth-order valence-corrected chi connectivity index (χ4v) is 4.03. The van der Waals surface area contributed by atoms with Crippen LogP contribution in [0.1, 0.15) is 54.4 Å². The summed E-state index contributed by atoms with van der Waals surface area (Å²) in [5, 5.41) is 2.32. The molecule has 1 saturated carbocycles. The predicted octanol–water partition coefficient (Wildman–Crippen LogP) is 2.02. The van der Waals surface area contributed by atoms with Crippen molar-refractivity contribution < 1.29 is 19.1 Å². The van der Waals surface area contributed by atoms with E-state index in [0.717, 1.165) is 17.9 Å². The van der Waals surface area contributed by atoms with E-state index in [1.165, 1.54) is 25.7 Å². The van der Waals surface area contributed by atoms with Crippen LogP contribution in [0.25, 0.3) is 0 Å². The van der Waals surface area contributed by atoms with Gasteiger partial charge in [0.1, 0.15) is 11.8 Å². The molecule has 1 aromatic rings. The predicted molar refractivity (Wildman–Crippen MR) is 89.9 cm³/mol. The summed E-state index contributed by atoms with van der Waals surface area (Å²) in [6, 6.07) is 4.96. The van der Waals surface area contributed by atoms with Crippen molar-refractivity contribution in [3.05, 3.63) is 29.3 Å². The molecule has 0 radical (unpaired) electrons. The SMILES string of the molecule is O=C1CCC(N2Cc3cc(OCC4CCCC4)ccc3C2=O)C(=O)N1. The number of nitrogens with zero attached hydrogens (tertiary/aromatic N) is 1. The monoisotopic (exact) mass is 342 g/mol. The largest absolute Gasteiger partial charge is 0.493 e. The van der Waals surface area contributed by atoms with Crippen molar-refractivity contribution in [1.82, 2.24) is 10.2 Å². The number of ether oxygens (including phenoxy) is 1. The highest BCUT2D eigenvalue weighted by molar-refractivity contribution is 6.05. The van der Waals surface area contributed by atoms with E-state index in [1.54, 1.807) is 11.0 Å². The standard InChI is InChI=1S/C19H22N2O4/c22-17-8-7-16(18(23)20-17)21-10-13-9-14(5-6-15(13)19(21)24)25-11-12-3-1-2-4-12/h5-6,9,12,16H,1-4,7-8,10-11H2,(H,20,22,23). The average molecular weight is 342 g/mol. The van der Waals surface area contributed by atoms with Crippen molar-refractivity contribution >= 4 is 17.7 Å². The molecule has 2 fully saturated rings. The summed E-state index contributed by atoms with van der Waals surface area (Å²) in [4.78, 5) is 37.5. The maximum atomic E-state index is 12.6. The maximum Gasteiger partial charge on any atom is 0.255 e. The molecular weight excluding hydrogens is 320 g/mol. The van der Waals surface area contributed by atoms with E-state index in [9.17, 15) is 14.4 Å². The van der Waals surface area contributed by atoms with Gasteiger partial charge in [0.05, 0.1) is 6.61 Å². The number of piperidine rings is 1. The van der Waals surface area contributed by atoms with E-state index in [1.807, 2.05) is 12.1 Å². The Hall–Kier alpha value is -2.37. The Labute approximate surface area is 146 Å². The van der Waals surface area contributed by atoms with Crippen LogP contribution in [0, 0.1) is 5.92 Å². The summed E-state index contributed by atoms with van der Waals surface area (Å²) in [6.45, 7) is 1.12. The third kappa shape index (κ3) is 3.13. The van der Waals surface area contributed by atoms with Crippen LogP contribution < -0.4 is 10.1 Å². The molecule has 4 rings (SSSR count). The molecule has 3 amide bonds. The lowest BCUT2D eigenvalue weighted by atomic mass is 10.0. The average Bonchev–Trinajstić information content (AvgIpc) is 3.21. The Morgan fingerprint density at radius 2 is 1.92 bits per heavy atom. The molecule has 0 bridgehead atoms. The molecule has 1 atom stereocenters. The summed E-state index contributed by atoms with van der Waals surface area (Å²) >= 11 is 0. The van der Waals surface area contributed by atoms with Gasteiger partial charge in [-0.05, 0) is 48.9 Å². The van der Waals surface area contributed by atoms with E-state index in [-0.39, 0.29) is 24.1 Å². The number of nitrogens with one attached hydrogen (secondary N) is 1. The highest BCUT2D eigenvalue weighted by Crippen LogP contribution is 2.31. The molecule has 1 N–H and O–H groups in total. The fourth-order valence-electron chi connectivity index (χ4n) is 4.03. The Bertz CT molecular complexity index is 724. The third-order valence-electron chi connectivity index (χ3n) is 5.46. The minimum absolute atomic E-state index is 0.146. The van der Waals surface area contributed by atoms with Crippen LogP contribution in [0.15, 0.2) is 18.2 Å². The molecule has 2 aliphatic heterocycles. The van der Waals surface area contributed by atoms with Crippen LogP contribution in [0.4, 0.5) is 0 Å². The van der Waals surface area contributed by atoms with Crippen molar-refractivity contribution in [3.63, 3.8) is 0 Å². The minimum atomic E-state index is -0.569. The molecule has 1 saturated heterocycles. The van der Waals surface area contributed by atoms with Gasteiger partial charge in [0.2, 0.25) is 11.8 Å². The Morgan fingerprint density at radius 1 is 1.12 bits per heavy atom. The molecule has 132 valence electrons. The lowest BCUT2D eigenvalue weighted by Gasteiger charge is -2.29. The molecule has 0 spiro atoms. The number of rotatable bonds is 4. The summed E-state index contributed by atoms with van der Waals surface area (Å²) in [6.07, 6.45) is 5.68. The Balaban J connectivity index is 1.45. The smallest absolute Gasteiger partial charge is 0.255 e. The molecule has 3 aliphatic rings. The lowest BCUT2D eigenvalue weighted by molar-refractivity contribution is -0.136. The van der Waals surface area contributed by atoms with Crippen LogP contribution in [0.3, 0.4) is 0 Å². The summed E-state index contributed by atoms with van der Waals surface area (Å²) in [5.74, 6) is 0.619. The van der Waals surface area contributed by atoms with Crippen molar-refractivity contribution in [1.29, 1.82) is 0 Å². The van der Waals surface area contributed by atoms with Crippen LogP contribution in [-0.2, 0) is 16.1 Å². The van der Waals surface area contributed by atoms with Gasteiger partial charge in [-0.25, -0.2) is 0 Å². The van der Waals surface area contributed by atoms with Crippen molar-refractivity contribution in [2.45, 2.75) is 51.1 Å². The molecular formula is C19H22N2O4. The second kappa shape index (κ2) is 6.50. The van der Waals surface area contributed by atoms with Crippen molar-refractivity contribution in [2.75, 3.05) is 6.61 Å². The number of benzene rings is 1. The highest BCUT2D eigenvalue weighted by atomic mass is 16.5. The normalized spacial score (nSPS) is 23.8. The zero-order chi connectivity index (χ0) is 17.4. The minimum Gasteiger partial charge on any atom is -0.493 e. The second-order valence-corrected chi connectivity index (χ2v) is 7.18. The molecule has 1 aromatic carbocycles. The fraction of sp³-hybridized carbons (Fsp3) is 0.526. The van der Waals surface area contributed by atoms with Gasteiger partial charge >= 0.3 is 0 Å². The van der Waals surface area contributed by atoms with E-state index in [4.69, 9.17) is 4.74 Å².